The fraction of sp³-hybridized carbons (Fsp3) is 0.583. The van der Waals surface area contributed by atoms with Gasteiger partial charge in [-0.3, -0.25) is 0 Å². The van der Waals surface area contributed by atoms with Crippen molar-refractivity contribution < 1.29 is 9.53 Å². The highest BCUT2D eigenvalue weighted by Crippen LogP contribution is 2.34. The van der Waals surface area contributed by atoms with Crippen LogP contribution >= 0.6 is 31.9 Å². The first kappa shape index (κ1) is 14.0. The third-order valence-electron chi connectivity index (χ3n) is 2.56. The quantitative estimate of drug-likeness (QED) is 0.508. The summed E-state index contributed by atoms with van der Waals surface area (Å²) in [7, 11) is 0. The van der Waals surface area contributed by atoms with Crippen LogP contribution in [0.4, 0.5) is 0 Å². The first-order chi connectivity index (χ1) is 7.70. The lowest BCUT2D eigenvalue weighted by atomic mass is 10.1. The van der Waals surface area contributed by atoms with E-state index in [9.17, 15) is 4.79 Å². The summed E-state index contributed by atoms with van der Waals surface area (Å²) in [6.07, 6.45) is 6.79. The van der Waals surface area contributed by atoms with Crippen molar-refractivity contribution in [3.63, 3.8) is 0 Å². The third-order valence-corrected chi connectivity index (χ3v) is 3.84. The van der Waals surface area contributed by atoms with Crippen molar-refractivity contribution in [3.8, 4) is 0 Å². The summed E-state index contributed by atoms with van der Waals surface area (Å²) in [5, 5.41) is 0. The van der Waals surface area contributed by atoms with E-state index in [4.69, 9.17) is 4.74 Å². The second-order valence-corrected chi connectivity index (χ2v) is 5.07. The average Bonchev–Trinajstić information content (AvgIpc) is 2.55. The molecule has 1 rings (SSSR count). The Morgan fingerprint density at radius 3 is 2.50 bits per heavy atom. The predicted octanol–water partition coefficient (Wildman–Crippen LogP) is 4.79. The van der Waals surface area contributed by atoms with Crippen LogP contribution in [0.15, 0.2) is 20.8 Å². The van der Waals surface area contributed by atoms with E-state index < -0.39 is 0 Å². The zero-order chi connectivity index (χ0) is 12.0. The molecule has 1 aliphatic heterocycles. The van der Waals surface area contributed by atoms with Crippen LogP contribution < -0.4 is 0 Å². The highest BCUT2D eigenvalue weighted by atomic mass is 79.9. The Balaban J connectivity index is 2.41. The molecule has 0 amide bonds. The Hall–Kier alpha value is -0.0900. The number of carbonyl (C=O) groups is 1. The van der Waals surface area contributed by atoms with Crippen LogP contribution in [0.3, 0.4) is 0 Å². The topological polar surface area (TPSA) is 26.3 Å². The highest BCUT2D eigenvalue weighted by molar-refractivity contribution is 9.12. The average molecular weight is 352 g/mol. The maximum Gasteiger partial charge on any atom is 0.340 e. The first-order valence-electron chi connectivity index (χ1n) is 5.62. The number of carbonyl (C=O) groups excluding carboxylic acids is 1. The lowest BCUT2D eigenvalue weighted by Gasteiger charge is -1.99. The number of hydrogen-bond donors (Lipinski definition) is 0. The summed E-state index contributed by atoms with van der Waals surface area (Å²) in [6.45, 7) is 2.19. The molecule has 0 saturated carbocycles. The van der Waals surface area contributed by atoms with Crippen molar-refractivity contribution in [2.45, 2.75) is 45.4 Å². The normalized spacial score (nSPS) is 18.4. The number of rotatable bonds is 6. The number of unbranched alkanes of at least 4 members (excludes halogenated alkanes) is 4. The van der Waals surface area contributed by atoms with Gasteiger partial charge in [-0.05, 0) is 28.8 Å². The second-order valence-electron chi connectivity index (χ2n) is 3.82. The van der Waals surface area contributed by atoms with Crippen LogP contribution in [0.25, 0.3) is 0 Å². The summed E-state index contributed by atoms with van der Waals surface area (Å²) in [5.74, 6) is 0.363. The molecular formula is C12H16Br2O2. The van der Waals surface area contributed by atoms with E-state index in [0.717, 1.165) is 22.9 Å². The van der Waals surface area contributed by atoms with Gasteiger partial charge in [0.25, 0.3) is 0 Å². The molecule has 1 aliphatic rings. The molecule has 0 saturated heterocycles. The summed E-state index contributed by atoms with van der Waals surface area (Å²) < 4.78 is 5.86. The molecule has 0 aromatic heterocycles. The van der Waals surface area contributed by atoms with Crippen LogP contribution in [-0.2, 0) is 9.53 Å². The van der Waals surface area contributed by atoms with E-state index >= 15 is 0 Å². The molecule has 0 atom stereocenters. The minimum Gasteiger partial charge on any atom is -0.421 e. The van der Waals surface area contributed by atoms with E-state index in [0.29, 0.717) is 5.76 Å². The molecule has 0 aromatic rings. The number of halogens is 2. The largest absolute Gasteiger partial charge is 0.421 e. The molecule has 0 bridgehead atoms. The highest BCUT2D eigenvalue weighted by Gasteiger charge is 2.27. The Kier molecular flexibility index (Phi) is 6.36. The van der Waals surface area contributed by atoms with Gasteiger partial charge in [-0.1, -0.05) is 48.5 Å². The number of cyclic esters (lactones) is 1. The van der Waals surface area contributed by atoms with Gasteiger partial charge in [-0.25, -0.2) is 4.79 Å². The smallest absolute Gasteiger partial charge is 0.340 e. The molecule has 0 aliphatic carbocycles. The van der Waals surface area contributed by atoms with E-state index in [2.05, 4.69) is 38.8 Å². The maximum absolute atomic E-state index is 11.5. The van der Waals surface area contributed by atoms with E-state index in [1.54, 1.807) is 4.99 Å². The van der Waals surface area contributed by atoms with Gasteiger partial charge in [-0.2, -0.15) is 0 Å². The minimum atomic E-state index is -0.215. The molecule has 2 nitrogen and oxygen atoms in total. The molecule has 0 radical (unpaired) electrons. The fourth-order valence-electron chi connectivity index (χ4n) is 1.63. The van der Waals surface area contributed by atoms with Crippen molar-refractivity contribution in [1.82, 2.24) is 0 Å². The van der Waals surface area contributed by atoms with Crippen molar-refractivity contribution in [3.05, 3.63) is 20.8 Å². The predicted molar refractivity (Wildman–Crippen MR) is 72.4 cm³/mol. The molecule has 0 spiro atoms. The minimum absolute atomic E-state index is 0.215. The molecular weight excluding hydrogens is 336 g/mol. The van der Waals surface area contributed by atoms with Crippen molar-refractivity contribution in [1.29, 1.82) is 0 Å². The second kappa shape index (κ2) is 7.28. The lowest BCUT2D eigenvalue weighted by Crippen LogP contribution is -1.98. The van der Waals surface area contributed by atoms with Crippen LogP contribution in [0, 0.1) is 0 Å². The molecule has 0 unspecified atom stereocenters. The van der Waals surface area contributed by atoms with Gasteiger partial charge in [-0.15, -0.1) is 0 Å². The molecule has 0 aromatic carbocycles. The Morgan fingerprint density at radius 1 is 1.25 bits per heavy atom. The van der Waals surface area contributed by atoms with Crippen molar-refractivity contribution in [2.75, 3.05) is 0 Å². The summed E-state index contributed by atoms with van der Waals surface area (Å²) >= 11 is 6.56. The van der Waals surface area contributed by atoms with Crippen LogP contribution in [0.5, 0.6) is 0 Å². The van der Waals surface area contributed by atoms with Gasteiger partial charge in [0.2, 0.25) is 0 Å². The third kappa shape index (κ3) is 3.74. The molecule has 4 heteroatoms. The van der Waals surface area contributed by atoms with Gasteiger partial charge < -0.3 is 4.74 Å². The summed E-state index contributed by atoms with van der Waals surface area (Å²) in [4.78, 5) is 13.1. The molecule has 0 fully saturated rings. The molecule has 16 heavy (non-hydrogen) atoms. The van der Waals surface area contributed by atoms with Gasteiger partial charge in [0.1, 0.15) is 0 Å². The van der Waals surface area contributed by atoms with Gasteiger partial charge in [0.15, 0.2) is 5.76 Å². The van der Waals surface area contributed by atoms with E-state index in [1.165, 1.54) is 25.7 Å². The summed E-state index contributed by atoms with van der Waals surface area (Å²) in [5.41, 5.74) is 0.766. The Bertz CT molecular complexity index is 319. The SMILES string of the molecule is CCCCCCCC1=C(Br)/C(=C/Br)OC1=O. The standard InChI is InChI=1S/C12H16Br2O2/c1-2-3-4-5-6-7-9-11(14)10(8-13)16-12(9)15/h8H,2-7H2,1H3/b10-8-. The van der Waals surface area contributed by atoms with Crippen molar-refractivity contribution >= 4 is 37.8 Å². The monoisotopic (exact) mass is 350 g/mol. The van der Waals surface area contributed by atoms with Gasteiger partial charge in [0.05, 0.1) is 10.1 Å². The molecule has 1 heterocycles. The maximum atomic E-state index is 11.5. The Labute approximate surface area is 113 Å². The van der Waals surface area contributed by atoms with E-state index in [-0.39, 0.29) is 5.97 Å². The zero-order valence-corrected chi connectivity index (χ0v) is 12.6. The summed E-state index contributed by atoms with van der Waals surface area (Å²) in [6, 6.07) is 0. The number of allylic oxidation sites excluding steroid dienone is 1. The van der Waals surface area contributed by atoms with Crippen LogP contribution in [-0.4, -0.2) is 5.97 Å². The van der Waals surface area contributed by atoms with Crippen molar-refractivity contribution in [2.24, 2.45) is 0 Å². The lowest BCUT2D eigenvalue weighted by molar-refractivity contribution is -0.133. The number of hydrogen-bond acceptors (Lipinski definition) is 2. The van der Waals surface area contributed by atoms with Crippen LogP contribution in [0.2, 0.25) is 0 Å². The van der Waals surface area contributed by atoms with E-state index in [1.807, 2.05) is 0 Å². The van der Waals surface area contributed by atoms with Gasteiger partial charge in [0, 0.05) is 4.99 Å². The first-order valence-corrected chi connectivity index (χ1v) is 7.33. The number of esters is 1. The number of ether oxygens (including phenoxy) is 1. The van der Waals surface area contributed by atoms with Gasteiger partial charge >= 0.3 is 5.97 Å². The molecule has 90 valence electrons. The zero-order valence-electron chi connectivity index (χ0n) is 9.39. The fourth-order valence-corrected chi connectivity index (χ4v) is 2.82. The Morgan fingerprint density at radius 2 is 1.94 bits per heavy atom. The molecule has 0 N–H and O–H groups in total. The van der Waals surface area contributed by atoms with Crippen LogP contribution in [0.1, 0.15) is 45.4 Å².